The van der Waals surface area contributed by atoms with Crippen LogP contribution in [-0.4, -0.2) is 16.0 Å². The van der Waals surface area contributed by atoms with Crippen molar-refractivity contribution in [1.82, 2.24) is 5.48 Å². The van der Waals surface area contributed by atoms with Gasteiger partial charge in [-0.25, -0.2) is 5.48 Å². The summed E-state index contributed by atoms with van der Waals surface area (Å²) in [6, 6.07) is 4.88. The second-order valence-electron chi connectivity index (χ2n) is 2.24. The fourth-order valence-corrected chi connectivity index (χ4v) is 0.799. The van der Waals surface area contributed by atoms with Crippen LogP contribution in [0.2, 0.25) is 0 Å². The molecule has 1 rings (SSSR count). The molecule has 1 amide bonds. The van der Waals surface area contributed by atoms with E-state index in [1.807, 2.05) is 0 Å². The van der Waals surface area contributed by atoms with Gasteiger partial charge in [0.05, 0.1) is 4.92 Å². The maximum atomic E-state index is 10.8. The van der Waals surface area contributed by atoms with Crippen molar-refractivity contribution in [2.24, 2.45) is 0 Å². The first-order valence-corrected chi connectivity index (χ1v) is 3.34. The van der Waals surface area contributed by atoms with Gasteiger partial charge < -0.3 is 0 Å². The summed E-state index contributed by atoms with van der Waals surface area (Å²) in [4.78, 5) is 20.4. The predicted molar refractivity (Wildman–Crippen MR) is 42.3 cm³/mol. The number of hydroxylamine groups is 1. The first kappa shape index (κ1) is 9.14. The Labute approximate surface area is 72.9 Å². The summed E-state index contributed by atoms with van der Waals surface area (Å²) >= 11 is 0. The molecule has 13 heavy (non-hydrogen) atoms. The van der Waals surface area contributed by atoms with Crippen molar-refractivity contribution in [2.45, 2.75) is 0 Å². The molecule has 0 saturated heterocycles. The highest BCUT2D eigenvalue weighted by Gasteiger charge is 2.07. The zero-order chi connectivity index (χ0) is 9.84. The highest BCUT2D eigenvalue weighted by atomic mass is 16.6. The lowest BCUT2D eigenvalue weighted by Crippen LogP contribution is -2.18. The van der Waals surface area contributed by atoms with E-state index in [-0.39, 0.29) is 11.3 Å². The van der Waals surface area contributed by atoms with Crippen LogP contribution in [0.3, 0.4) is 0 Å². The molecule has 2 N–H and O–H groups in total. The number of benzene rings is 1. The fraction of sp³-hybridized carbons (Fsp3) is 0. The van der Waals surface area contributed by atoms with Crippen LogP contribution in [0.15, 0.2) is 24.3 Å². The molecule has 0 fully saturated rings. The van der Waals surface area contributed by atoms with Crippen LogP contribution < -0.4 is 5.48 Å². The highest BCUT2D eigenvalue weighted by Crippen LogP contribution is 2.11. The van der Waals surface area contributed by atoms with Crippen LogP contribution in [-0.2, 0) is 0 Å². The normalized spacial score (nSPS) is 9.31. The number of carbonyl (C=O) groups is 1. The maximum Gasteiger partial charge on any atom is 0.274 e. The number of hydrogen-bond donors (Lipinski definition) is 2. The van der Waals surface area contributed by atoms with Gasteiger partial charge in [-0.1, -0.05) is 0 Å². The quantitative estimate of drug-likeness (QED) is 0.400. The minimum Gasteiger partial charge on any atom is -0.288 e. The van der Waals surface area contributed by atoms with E-state index < -0.39 is 10.8 Å². The molecule has 0 saturated carbocycles. The number of amides is 1. The summed E-state index contributed by atoms with van der Waals surface area (Å²) in [6.07, 6.45) is 0. The summed E-state index contributed by atoms with van der Waals surface area (Å²) in [7, 11) is 0. The Kier molecular flexibility index (Phi) is 2.56. The number of carbonyl (C=O) groups excluding carboxylic acids is 1. The molecule has 0 radical (unpaired) electrons. The summed E-state index contributed by atoms with van der Waals surface area (Å²) in [5.74, 6) is -0.699. The van der Waals surface area contributed by atoms with Crippen molar-refractivity contribution < 1.29 is 14.9 Å². The van der Waals surface area contributed by atoms with E-state index in [0.717, 1.165) is 0 Å². The van der Waals surface area contributed by atoms with Crippen LogP contribution in [0.1, 0.15) is 10.4 Å². The molecular weight excluding hydrogens is 176 g/mol. The van der Waals surface area contributed by atoms with Crippen molar-refractivity contribution in [3.8, 4) is 0 Å². The fourth-order valence-electron chi connectivity index (χ4n) is 0.799. The highest BCUT2D eigenvalue weighted by molar-refractivity contribution is 5.93. The zero-order valence-electron chi connectivity index (χ0n) is 6.43. The second kappa shape index (κ2) is 3.63. The van der Waals surface area contributed by atoms with Crippen molar-refractivity contribution in [3.05, 3.63) is 39.9 Å². The molecule has 0 atom stereocenters. The lowest BCUT2D eigenvalue weighted by Gasteiger charge is -1.96. The van der Waals surface area contributed by atoms with Crippen molar-refractivity contribution >= 4 is 11.6 Å². The summed E-state index contributed by atoms with van der Waals surface area (Å²) in [5.41, 5.74) is 1.48. The number of hydrogen-bond acceptors (Lipinski definition) is 4. The first-order valence-electron chi connectivity index (χ1n) is 3.34. The molecule has 68 valence electrons. The van der Waals surface area contributed by atoms with Gasteiger partial charge in [0.1, 0.15) is 0 Å². The topological polar surface area (TPSA) is 92.5 Å². The van der Waals surface area contributed by atoms with E-state index in [2.05, 4.69) is 0 Å². The zero-order valence-corrected chi connectivity index (χ0v) is 6.43. The van der Waals surface area contributed by atoms with E-state index in [1.54, 1.807) is 0 Å². The molecule has 0 heterocycles. The van der Waals surface area contributed by atoms with Crippen LogP contribution >= 0.6 is 0 Å². The maximum absolute atomic E-state index is 10.8. The van der Waals surface area contributed by atoms with E-state index in [4.69, 9.17) is 5.21 Å². The van der Waals surface area contributed by atoms with Crippen molar-refractivity contribution in [2.75, 3.05) is 0 Å². The number of non-ortho nitro benzene ring substituents is 1. The predicted octanol–water partition coefficient (Wildman–Crippen LogP) is 0.714. The van der Waals surface area contributed by atoms with Gasteiger partial charge in [0.15, 0.2) is 0 Å². The Morgan fingerprint density at radius 2 is 1.92 bits per heavy atom. The number of rotatable bonds is 2. The van der Waals surface area contributed by atoms with Crippen LogP contribution in [0.4, 0.5) is 5.69 Å². The molecular formula is C7H6N2O4. The van der Waals surface area contributed by atoms with E-state index >= 15 is 0 Å². The van der Waals surface area contributed by atoms with Crippen LogP contribution in [0.25, 0.3) is 0 Å². The van der Waals surface area contributed by atoms with Crippen LogP contribution in [0.5, 0.6) is 0 Å². The lowest BCUT2D eigenvalue weighted by molar-refractivity contribution is -0.384. The molecule has 0 unspecified atom stereocenters. The number of nitrogens with one attached hydrogen (secondary N) is 1. The third kappa shape index (κ3) is 2.00. The van der Waals surface area contributed by atoms with Gasteiger partial charge in [-0.3, -0.25) is 20.1 Å². The molecule has 6 nitrogen and oxygen atoms in total. The van der Waals surface area contributed by atoms with Crippen molar-refractivity contribution in [3.63, 3.8) is 0 Å². The lowest BCUT2D eigenvalue weighted by atomic mass is 10.2. The van der Waals surface area contributed by atoms with Gasteiger partial charge in [0.2, 0.25) is 0 Å². The first-order chi connectivity index (χ1) is 6.15. The van der Waals surface area contributed by atoms with Gasteiger partial charge in [-0.05, 0) is 12.1 Å². The van der Waals surface area contributed by atoms with Gasteiger partial charge in [-0.15, -0.1) is 0 Å². The monoisotopic (exact) mass is 182 g/mol. The Balaban J connectivity index is 2.93. The van der Waals surface area contributed by atoms with Gasteiger partial charge in [0, 0.05) is 17.7 Å². The Hall–Kier alpha value is -1.95. The van der Waals surface area contributed by atoms with E-state index in [0.29, 0.717) is 0 Å². The Morgan fingerprint density at radius 3 is 2.31 bits per heavy atom. The molecule has 0 bridgehead atoms. The summed E-state index contributed by atoms with van der Waals surface area (Å²) in [6.45, 7) is 0. The molecule has 1 aromatic rings. The number of nitro groups is 1. The molecule has 0 aliphatic heterocycles. The average Bonchev–Trinajstić information content (AvgIpc) is 2.17. The van der Waals surface area contributed by atoms with Gasteiger partial charge in [-0.2, -0.15) is 0 Å². The minimum atomic E-state index is -0.699. The van der Waals surface area contributed by atoms with E-state index in [1.165, 1.54) is 29.7 Å². The Bertz CT molecular complexity index is 333. The standard InChI is InChI=1S/C7H6N2O4/c10-7(8-11)5-1-3-6(4-2-5)9(12)13/h1-4,11H,(H,8,10). The minimum absolute atomic E-state index is 0.102. The Morgan fingerprint density at radius 1 is 1.38 bits per heavy atom. The van der Waals surface area contributed by atoms with Crippen molar-refractivity contribution in [1.29, 1.82) is 0 Å². The number of nitro benzene ring substituents is 1. The molecule has 0 aliphatic rings. The number of nitrogens with zero attached hydrogens (tertiary/aromatic N) is 1. The second-order valence-corrected chi connectivity index (χ2v) is 2.24. The van der Waals surface area contributed by atoms with Gasteiger partial charge in [0.25, 0.3) is 11.6 Å². The third-order valence-electron chi connectivity index (χ3n) is 1.44. The smallest absolute Gasteiger partial charge is 0.274 e. The van der Waals surface area contributed by atoms with Gasteiger partial charge >= 0.3 is 0 Å². The SMILES string of the molecule is O=C(NO)c1ccc([N+](=O)[O-])cc1. The van der Waals surface area contributed by atoms with E-state index in [9.17, 15) is 14.9 Å². The molecule has 1 aromatic carbocycles. The average molecular weight is 182 g/mol. The van der Waals surface area contributed by atoms with Crippen LogP contribution in [0, 0.1) is 10.1 Å². The largest absolute Gasteiger partial charge is 0.288 e. The molecule has 0 aromatic heterocycles. The summed E-state index contributed by atoms with van der Waals surface area (Å²) < 4.78 is 0. The third-order valence-corrected chi connectivity index (χ3v) is 1.44. The molecule has 0 aliphatic carbocycles. The molecule has 0 spiro atoms. The molecule has 6 heteroatoms. The summed E-state index contributed by atoms with van der Waals surface area (Å²) in [5, 5.41) is 18.4.